The van der Waals surface area contributed by atoms with Crippen LogP contribution in [0.25, 0.3) is 0 Å². The van der Waals surface area contributed by atoms with Crippen molar-refractivity contribution < 1.29 is 9.47 Å². The summed E-state index contributed by atoms with van der Waals surface area (Å²) in [5.41, 5.74) is 9.32. The first-order chi connectivity index (χ1) is 7.51. The molecule has 3 heteroatoms. The van der Waals surface area contributed by atoms with Gasteiger partial charge in [-0.1, -0.05) is 18.2 Å². The SMILES string of the molecule is Cc1ccc(C2(C)OCC(N)CO2)cc1C. The molecule has 0 bridgehead atoms. The number of ether oxygens (including phenoxy) is 2. The van der Waals surface area contributed by atoms with Gasteiger partial charge >= 0.3 is 0 Å². The van der Waals surface area contributed by atoms with Crippen LogP contribution in [-0.4, -0.2) is 19.3 Å². The Kier molecular flexibility index (Phi) is 3.02. The molecule has 1 saturated heterocycles. The van der Waals surface area contributed by atoms with E-state index in [9.17, 15) is 0 Å². The number of hydrogen-bond donors (Lipinski definition) is 1. The van der Waals surface area contributed by atoms with Crippen molar-refractivity contribution in [1.29, 1.82) is 0 Å². The van der Waals surface area contributed by atoms with Crippen LogP contribution in [0.15, 0.2) is 18.2 Å². The van der Waals surface area contributed by atoms with Crippen LogP contribution < -0.4 is 5.73 Å². The molecule has 1 aromatic rings. The van der Waals surface area contributed by atoms with Gasteiger partial charge in [-0.05, 0) is 31.9 Å². The summed E-state index contributed by atoms with van der Waals surface area (Å²) in [6.45, 7) is 7.23. The summed E-state index contributed by atoms with van der Waals surface area (Å²) in [4.78, 5) is 0. The Morgan fingerprint density at radius 2 is 1.81 bits per heavy atom. The molecule has 16 heavy (non-hydrogen) atoms. The first-order valence-electron chi connectivity index (χ1n) is 5.62. The van der Waals surface area contributed by atoms with Gasteiger partial charge in [-0.15, -0.1) is 0 Å². The maximum Gasteiger partial charge on any atom is 0.192 e. The van der Waals surface area contributed by atoms with Gasteiger partial charge in [0, 0.05) is 5.56 Å². The van der Waals surface area contributed by atoms with Gasteiger partial charge in [-0.25, -0.2) is 0 Å². The van der Waals surface area contributed by atoms with E-state index in [1.807, 2.05) is 6.92 Å². The fraction of sp³-hybridized carbons (Fsp3) is 0.538. The lowest BCUT2D eigenvalue weighted by Gasteiger charge is -2.37. The third-order valence-electron chi connectivity index (χ3n) is 3.18. The summed E-state index contributed by atoms with van der Waals surface area (Å²) in [5.74, 6) is -0.645. The highest BCUT2D eigenvalue weighted by Crippen LogP contribution is 2.30. The lowest BCUT2D eigenvalue weighted by atomic mass is 10.0. The van der Waals surface area contributed by atoms with E-state index in [0.717, 1.165) is 5.56 Å². The Balaban J connectivity index is 2.25. The molecule has 2 N–H and O–H groups in total. The number of aryl methyl sites for hydroxylation is 2. The molecular formula is C13H19NO2. The molecule has 0 spiro atoms. The third-order valence-corrected chi connectivity index (χ3v) is 3.18. The Morgan fingerprint density at radius 1 is 1.19 bits per heavy atom. The zero-order valence-electron chi connectivity index (χ0n) is 10.1. The molecule has 1 aliphatic heterocycles. The van der Waals surface area contributed by atoms with E-state index in [2.05, 4.69) is 32.0 Å². The molecule has 0 radical (unpaired) electrons. The van der Waals surface area contributed by atoms with Crippen LogP contribution in [0.4, 0.5) is 0 Å². The van der Waals surface area contributed by atoms with Gasteiger partial charge < -0.3 is 15.2 Å². The van der Waals surface area contributed by atoms with Crippen LogP contribution in [0.1, 0.15) is 23.6 Å². The monoisotopic (exact) mass is 221 g/mol. The average molecular weight is 221 g/mol. The summed E-state index contributed by atoms with van der Waals surface area (Å²) >= 11 is 0. The van der Waals surface area contributed by atoms with E-state index >= 15 is 0 Å². The van der Waals surface area contributed by atoms with Crippen molar-refractivity contribution in [2.24, 2.45) is 5.73 Å². The fourth-order valence-electron chi connectivity index (χ4n) is 1.81. The van der Waals surface area contributed by atoms with E-state index in [4.69, 9.17) is 15.2 Å². The van der Waals surface area contributed by atoms with Crippen LogP contribution >= 0.6 is 0 Å². The molecule has 0 saturated carbocycles. The van der Waals surface area contributed by atoms with Crippen molar-refractivity contribution in [2.45, 2.75) is 32.6 Å². The minimum Gasteiger partial charge on any atom is -0.344 e. The molecule has 0 atom stereocenters. The molecule has 1 aliphatic rings. The Morgan fingerprint density at radius 3 is 2.38 bits per heavy atom. The lowest BCUT2D eigenvalue weighted by Crippen LogP contribution is -2.46. The number of hydrogen-bond acceptors (Lipinski definition) is 3. The minimum absolute atomic E-state index is 0.0142. The Bertz CT molecular complexity index is 382. The zero-order valence-corrected chi connectivity index (χ0v) is 10.1. The molecule has 1 heterocycles. The molecule has 0 aliphatic carbocycles. The predicted molar refractivity (Wildman–Crippen MR) is 63.1 cm³/mol. The van der Waals surface area contributed by atoms with Gasteiger partial charge in [0.2, 0.25) is 0 Å². The quantitative estimate of drug-likeness (QED) is 0.787. The zero-order chi connectivity index (χ0) is 11.8. The van der Waals surface area contributed by atoms with E-state index < -0.39 is 5.79 Å². The van der Waals surface area contributed by atoms with Crippen molar-refractivity contribution >= 4 is 0 Å². The number of nitrogens with two attached hydrogens (primary N) is 1. The number of rotatable bonds is 1. The Hall–Kier alpha value is -0.900. The molecule has 88 valence electrons. The van der Waals surface area contributed by atoms with Gasteiger partial charge in [-0.3, -0.25) is 0 Å². The molecule has 0 amide bonds. The largest absolute Gasteiger partial charge is 0.344 e. The molecule has 3 nitrogen and oxygen atoms in total. The summed E-state index contributed by atoms with van der Waals surface area (Å²) in [6, 6.07) is 6.25. The smallest absolute Gasteiger partial charge is 0.192 e. The van der Waals surface area contributed by atoms with Crippen molar-refractivity contribution in [3.8, 4) is 0 Å². The Labute approximate surface area is 96.5 Å². The van der Waals surface area contributed by atoms with Crippen molar-refractivity contribution in [3.05, 3.63) is 34.9 Å². The molecule has 0 unspecified atom stereocenters. The van der Waals surface area contributed by atoms with Gasteiger partial charge in [0.25, 0.3) is 0 Å². The second-order valence-electron chi connectivity index (χ2n) is 4.63. The molecule has 1 aromatic carbocycles. The highest BCUT2D eigenvalue weighted by molar-refractivity contribution is 5.32. The average Bonchev–Trinajstić information content (AvgIpc) is 2.26. The normalized spacial score (nSPS) is 30.4. The second-order valence-corrected chi connectivity index (χ2v) is 4.63. The van der Waals surface area contributed by atoms with Crippen molar-refractivity contribution in [3.63, 3.8) is 0 Å². The fourth-order valence-corrected chi connectivity index (χ4v) is 1.81. The molecule has 0 aromatic heterocycles. The highest BCUT2D eigenvalue weighted by atomic mass is 16.7. The predicted octanol–water partition coefficient (Wildman–Crippen LogP) is 1.85. The standard InChI is InChI=1S/C13H19NO2/c1-9-4-5-11(6-10(9)2)13(3)15-7-12(14)8-16-13/h4-6,12H,7-8,14H2,1-3H3. The lowest BCUT2D eigenvalue weighted by molar-refractivity contribution is -0.270. The first-order valence-corrected chi connectivity index (χ1v) is 5.62. The maximum absolute atomic E-state index is 5.74. The maximum atomic E-state index is 5.74. The summed E-state index contributed by atoms with van der Waals surface area (Å²) in [7, 11) is 0. The third kappa shape index (κ3) is 2.12. The summed E-state index contributed by atoms with van der Waals surface area (Å²) in [5, 5.41) is 0. The van der Waals surface area contributed by atoms with E-state index in [0.29, 0.717) is 13.2 Å². The van der Waals surface area contributed by atoms with Crippen LogP contribution in [0, 0.1) is 13.8 Å². The van der Waals surface area contributed by atoms with Crippen LogP contribution in [-0.2, 0) is 15.3 Å². The first kappa shape index (κ1) is 11.6. The van der Waals surface area contributed by atoms with Gasteiger partial charge in [0.1, 0.15) is 0 Å². The minimum atomic E-state index is -0.645. The van der Waals surface area contributed by atoms with E-state index in [-0.39, 0.29) is 6.04 Å². The van der Waals surface area contributed by atoms with E-state index in [1.54, 1.807) is 0 Å². The highest BCUT2D eigenvalue weighted by Gasteiger charge is 2.33. The van der Waals surface area contributed by atoms with Gasteiger partial charge in [0.15, 0.2) is 5.79 Å². The van der Waals surface area contributed by atoms with Crippen LogP contribution in [0.5, 0.6) is 0 Å². The van der Waals surface area contributed by atoms with Crippen LogP contribution in [0.3, 0.4) is 0 Å². The van der Waals surface area contributed by atoms with E-state index in [1.165, 1.54) is 11.1 Å². The topological polar surface area (TPSA) is 44.5 Å². The van der Waals surface area contributed by atoms with Crippen LogP contribution in [0.2, 0.25) is 0 Å². The second kappa shape index (κ2) is 4.17. The summed E-state index contributed by atoms with van der Waals surface area (Å²) in [6.07, 6.45) is 0. The molecule has 1 fully saturated rings. The molecular weight excluding hydrogens is 202 g/mol. The van der Waals surface area contributed by atoms with Crippen molar-refractivity contribution in [1.82, 2.24) is 0 Å². The van der Waals surface area contributed by atoms with Gasteiger partial charge in [-0.2, -0.15) is 0 Å². The van der Waals surface area contributed by atoms with Gasteiger partial charge in [0.05, 0.1) is 19.3 Å². The number of benzene rings is 1. The van der Waals surface area contributed by atoms with Crippen molar-refractivity contribution in [2.75, 3.05) is 13.2 Å². The summed E-state index contributed by atoms with van der Waals surface area (Å²) < 4.78 is 11.4. The molecule has 2 rings (SSSR count).